The van der Waals surface area contributed by atoms with Crippen molar-refractivity contribution in [2.75, 3.05) is 0 Å². The third kappa shape index (κ3) is 2.13. The molecule has 5 nitrogen and oxygen atoms in total. The first-order valence-electron chi connectivity index (χ1n) is 6.47. The summed E-state index contributed by atoms with van der Waals surface area (Å²) in [7, 11) is 0. The highest BCUT2D eigenvalue weighted by Gasteiger charge is 2.15. The standard InChI is InChI=1S/C14H17N5/c1-2-18-8-6-16-14(18)9-12(15)11-10-17-19-7-4-3-5-13(11)19/h3-8,10,12H,2,9,15H2,1H3. The van der Waals surface area contributed by atoms with Gasteiger partial charge in [-0.2, -0.15) is 5.10 Å². The van der Waals surface area contributed by atoms with Gasteiger partial charge in [0.1, 0.15) is 5.82 Å². The van der Waals surface area contributed by atoms with Gasteiger partial charge in [0.25, 0.3) is 0 Å². The molecule has 0 fully saturated rings. The lowest BCUT2D eigenvalue weighted by Crippen LogP contribution is -2.16. The average molecular weight is 255 g/mol. The van der Waals surface area contributed by atoms with E-state index in [0.717, 1.165) is 29.9 Å². The molecule has 0 aromatic carbocycles. The lowest BCUT2D eigenvalue weighted by Gasteiger charge is -2.11. The molecule has 98 valence electrons. The third-order valence-electron chi connectivity index (χ3n) is 3.40. The summed E-state index contributed by atoms with van der Waals surface area (Å²) in [6.45, 7) is 3.02. The van der Waals surface area contributed by atoms with E-state index >= 15 is 0 Å². The van der Waals surface area contributed by atoms with Crippen molar-refractivity contribution in [1.82, 2.24) is 19.2 Å². The summed E-state index contributed by atoms with van der Waals surface area (Å²) in [6, 6.07) is 5.90. The maximum absolute atomic E-state index is 6.31. The fourth-order valence-electron chi connectivity index (χ4n) is 2.36. The van der Waals surface area contributed by atoms with E-state index in [1.54, 1.807) is 0 Å². The van der Waals surface area contributed by atoms with Gasteiger partial charge in [0.15, 0.2) is 0 Å². The Morgan fingerprint density at radius 2 is 2.21 bits per heavy atom. The summed E-state index contributed by atoms with van der Waals surface area (Å²) < 4.78 is 3.97. The van der Waals surface area contributed by atoms with Crippen LogP contribution in [-0.4, -0.2) is 19.2 Å². The minimum absolute atomic E-state index is 0.0902. The summed E-state index contributed by atoms with van der Waals surface area (Å²) in [6.07, 6.45) is 8.30. The van der Waals surface area contributed by atoms with E-state index < -0.39 is 0 Å². The first-order valence-corrected chi connectivity index (χ1v) is 6.47. The Hall–Kier alpha value is -2.14. The van der Waals surface area contributed by atoms with Gasteiger partial charge in [0.05, 0.1) is 11.7 Å². The van der Waals surface area contributed by atoms with Gasteiger partial charge in [-0.05, 0) is 19.1 Å². The van der Waals surface area contributed by atoms with Gasteiger partial charge in [0, 0.05) is 43.2 Å². The second-order valence-corrected chi connectivity index (χ2v) is 4.57. The molecule has 0 aliphatic carbocycles. The number of nitrogens with two attached hydrogens (primary N) is 1. The number of nitrogens with zero attached hydrogens (tertiary/aromatic N) is 4. The number of rotatable bonds is 4. The van der Waals surface area contributed by atoms with Gasteiger partial charge >= 0.3 is 0 Å². The predicted molar refractivity (Wildman–Crippen MR) is 73.7 cm³/mol. The minimum atomic E-state index is -0.0902. The lowest BCUT2D eigenvalue weighted by molar-refractivity contribution is 0.630. The number of aryl methyl sites for hydroxylation is 1. The molecule has 3 aromatic heterocycles. The fourth-order valence-corrected chi connectivity index (χ4v) is 2.36. The Balaban J connectivity index is 1.90. The molecular weight excluding hydrogens is 238 g/mol. The zero-order valence-electron chi connectivity index (χ0n) is 10.9. The van der Waals surface area contributed by atoms with Crippen molar-refractivity contribution in [3.8, 4) is 0 Å². The summed E-state index contributed by atoms with van der Waals surface area (Å²) >= 11 is 0. The van der Waals surface area contributed by atoms with E-state index in [-0.39, 0.29) is 6.04 Å². The maximum Gasteiger partial charge on any atom is 0.110 e. The van der Waals surface area contributed by atoms with E-state index in [9.17, 15) is 0 Å². The van der Waals surface area contributed by atoms with Crippen molar-refractivity contribution in [2.45, 2.75) is 25.9 Å². The molecular formula is C14H17N5. The first-order chi connectivity index (χ1) is 9.29. The number of imidazole rings is 1. The van der Waals surface area contributed by atoms with Crippen LogP contribution >= 0.6 is 0 Å². The molecule has 0 amide bonds. The molecule has 0 aliphatic heterocycles. The molecule has 0 spiro atoms. The average Bonchev–Trinajstić information content (AvgIpc) is 3.04. The van der Waals surface area contributed by atoms with Crippen LogP contribution in [0, 0.1) is 0 Å². The Bertz CT molecular complexity index is 682. The summed E-state index contributed by atoms with van der Waals surface area (Å²) in [5.41, 5.74) is 8.43. The number of hydrogen-bond donors (Lipinski definition) is 1. The topological polar surface area (TPSA) is 61.1 Å². The molecule has 19 heavy (non-hydrogen) atoms. The van der Waals surface area contributed by atoms with Crippen molar-refractivity contribution in [1.29, 1.82) is 0 Å². The van der Waals surface area contributed by atoms with Crippen LogP contribution in [0.3, 0.4) is 0 Å². The van der Waals surface area contributed by atoms with E-state index in [0.29, 0.717) is 0 Å². The Kier molecular flexibility index (Phi) is 3.05. The van der Waals surface area contributed by atoms with E-state index in [1.807, 2.05) is 47.5 Å². The number of pyridine rings is 1. The highest BCUT2D eigenvalue weighted by Crippen LogP contribution is 2.20. The van der Waals surface area contributed by atoms with Crippen molar-refractivity contribution < 1.29 is 0 Å². The Morgan fingerprint density at radius 1 is 1.32 bits per heavy atom. The molecule has 0 radical (unpaired) electrons. The molecule has 3 heterocycles. The summed E-state index contributed by atoms with van der Waals surface area (Å²) in [4.78, 5) is 4.37. The molecule has 5 heteroatoms. The monoisotopic (exact) mass is 255 g/mol. The lowest BCUT2D eigenvalue weighted by atomic mass is 10.1. The van der Waals surface area contributed by atoms with Crippen LogP contribution in [-0.2, 0) is 13.0 Å². The molecule has 3 aromatic rings. The zero-order chi connectivity index (χ0) is 13.2. The minimum Gasteiger partial charge on any atom is -0.335 e. The second kappa shape index (κ2) is 4.85. The van der Waals surface area contributed by atoms with Crippen LogP contribution in [0.5, 0.6) is 0 Å². The normalized spacial score (nSPS) is 12.9. The highest BCUT2D eigenvalue weighted by molar-refractivity contribution is 5.54. The predicted octanol–water partition coefficient (Wildman–Crippen LogP) is 1.79. The van der Waals surface area contributed by atoms with Crippen LogP contribution < -0.4 is 5.73 Å². The molecule has 1 unspecified atom stereocenters. The highest BCUT2D eigenvalue weighted by atomic mass is 15.2. The molecule has 2 N–H and O–H groups in total. The first kappa shape index (κ1) is 11.9. The smallest absolute Gasteiger partial charge is 0.110 e. The van der Waals surface area contributed by atoms with Crippen LogP contribution in [0.1, 0.15) is 24.4 Å². The molecule has 0 saturated carbocycles. The number of hydrogen-bond acceptors (Lipinski definition) is 3. The molecule has 3 rings (SSSR count). The zero-order valence-corrected chi connectivity index (χ0v) is 10.9. The van der Waals surface area contributed by atoms with E-state index in [4.69, 9.17) is 5.73 Å². The van der Waals surface area contributed by atoms with Gasteiger partial charge in [0.2, 0.25) is 0 Å². The van der Waals surface area contributed by atoms with Crippen molar-refractivity contribution in [3.63, 3.8) is 0 Å². The molecule has 0 bridgehead atoms. The van der Waals surface area contributed by atoms with Gasteiger partial charge < -0.3 is 10.3 Å². The van der Waals surface area contributed by atoms with Crippen LogP contribution in [0.25, 0.3) is 5.52 Å². The summed E-state index contributed by atoms with van der Waals surface area (Å²) in [5, 5.41) is 4.32. The SMILES string of the molecule is CCn1ccnc1CC(N)c1cnn2ccccc12. The molecule has 0 saturated heterocycles. The second-order valence-electron chi connectivity index (χ2n) is 4.57. The Morgan fingerprint density at radius 3 is 3.05 bits per heavy atom. The number of fused-ring (bicyclic) bond motifs is 1. The van der Waals surface area contributed by atoms with Gasteiger partial charge in [-0.3, -0.25) is 0 Å². The maximum atomic E-state index is 6.31. The van der Waals surface area contributed by atoms with Crippen LogP contribution in [0.15, 0.2) is 43.0 Å². The van der Waals surface area contributed by atoms with Gasteiger partial charge in [-0.15, -0.1) is 0 Å². The summed E-state index contributed by atoms with van der Waals surface area (Å²) in [5.74, 6) is 1.02. The van der Waals surface area contributed by atoms with Gasteiger partial charge in [-0.25, -0.2) is 9.50 Å². The van der Waals surface area contributed by atoms with E-state index in [2.05, 4.69) is 21.6 Å². The largest absolute Gasteiger partial charge is 0.335 e. The van der Waals surface area contributed by atoms with Crippen LogP contribution in [0.2, 0.25) is 0 Å². The molecule has 1 atom stereocenters. The quantitative estimate of drug-likeness (QED) is 0.773. The van der Waals surface area contributed by atoms with Crippen molar-refractivity contribution in [2.24, 2.45) is 5.73 Å². The van der Waals surface area contributed by atoms with Crippen molar-refractivity contribution in [3.05, 3.63) is 54.4 Å². The third-order valence-corrected chi connectivity index (χ3v) is 3.40. The van der Waals surface area contributed by atoms with Crippen LogP contribution in [0.4, 0.5) is 0 Å². The fraction of sp³-hybridized carbons (Fsp3) is 0.286. The Labute approximate surface area is 111 Å². The van der Waals surface area contributed by atoms with Crippen molar-refractivity contribution >= 4 is 5.52 Å². The molecule has 0 aliphatic rings. The number of aromatic nitrogens is 4. The van der Waals surface area contributed by atoms with Gasteiger partial charge in [-0.1, -0.05) is 6.07 Å². The van der Waals surface area contributed by atoms with E-state index in [1.165, 1.54) is 0 Å².